The van der Waals surface area contributed by atoms with E-state index in [1.165, 1.54) is 0 Å². The number of rotatable bonds is 5. The first-order chi connectivity index (χ1) is 9.98. The molecule has 0 bridgehead atoms. The first-order valence-electron chi connectivity index (χ1n) is 7.51. The second kappa shape index (κ2) is 6.87. The molecule has 1 heterocycles. The second-order valence-electron chi connectivity index (χ2n) is 5.54. The van der Waals surface area contributed by atoms with Gasteiger partial charge in [0.15, 0.2) is 0 Å². The molecule has 1 aromatic carbocycles. The lowest BCUT2D eigenvalue weighted by atomic mass is 10.1. The monoisotopic (exact) mass is 311 g/mol. The van der Waals surface area contributed by atoms with Gasteiger partial charge < -0.3 is 10.6 Å². The Balaban J connectivity index is 2.14. The standard InChI is InChI=1S/C15H25N3O2S/c1-3-6-17-7-9-18(10-8-17)21(19,20)15-5-4-14(12-16)13(2)11-15/h4-5,11H,3,6-10,12,16H2,1-2H3. The van der Waals surface area contributed by atoms with E-state index in [-0.39, 0.29) is 0 Å². The van der Waals surface area contributed by atoms with Crippen molar-refractivity contribution in [3.8, 4) is 0 Å². The molecule has 0 atom stereocenters. The van der Waals surface area contributed by atoms with Crippen LogP contribution >= 0.6 is 0 Å². The summed E-state index contributed by atoms with van der Waals surface area (Å²) in [6.07, 6.45) is 1.10. The van der Waals surface area contributed by atoms with Crippen LogP contribution in [0.3, 0.4) is 0 Å². The fraction of sp³-hybridized carbons (Fsp3) is 0.600. The predicted octanol–water partition coefficient (Wildman–Crippen LogP) is 1.17. The molecule has 0 radical (unpaired) electrons. The van der Waals surface area contributed by atoms with E-state index in [9.17, 15) is 8.42 Å². The number of sulfonamides is 1. The van der Waals surface area contributed by atoms with Crippen molar-refractivity contribution in [1.29, 1.82) is 0 Å². The van der Waals surface area contributed by atoms with Crippen LogP contribution in [0.5, 0.6) is 0 Å². The van der Waals surface area contributed by atoms with Gasteiger partial charge in [-0.15, -0.1) is 0 Å². The number of benzene rings is 1. The van der Waals surface area contributed by atoms with E-state index in [0.717, 1.165) is 37.2 Å². The Morgan fingerprint density at radius 2 is 1.86 bits per heavy atom. The average molecular weight is 311 g/mol. The molecule has 0 aromatic heterocycles. The Bertz CT molecular complexity index is 579. The van der Waals surface area contributed by atoms with E-state index < -0.39 is 10.0 Å². The fourth-order valence-corrected chi connectivity index (χ4v) is 4.22. The van der Waals surface area contributed by atoms with Gasteiger partial charge in [0.2, 0.25) is 10.0 Å². The molecule has 0 amide bonds. The summed E-state index contributed by atoms with van der Waals surface area (Å²) in [7, 11) is -3.38. The summed E-state index contributed by atoms with van der Waals surface area (Å²) < 4.78 is 27.0. The zero-order chi connectivity index (χ0) is 15.5. The Morgan fingerprint density at radius 3 is 2.38 bits per heavy atom. The van der Waals surface area contributed by atoms with Crippen molar-refractivity contribution in [2.75, 3.05) is 32.7 Å². The van der Waals surface area contributed by atoms with Gasteiger partial charge in [-0.2, -0.15) is 4.31 Å². The van der Waals surface area contributed by atoms with Crippen LogP contribution in [0.2, 0.25) is 0 Å². The van der Waals surface area contributed by atoms with Crippen molar-refractivity contribution in [2.24, 2.45) is 5.73 Å². The van der Waals surface area contributed by atoms with Crippen LogP contribution in [0.25, 0.3) is 0 Å². The van der Waals surface area contributed by atoms with Crippen LogP contribution in [0.15, 0.2) is 23.1 Å². The molecule has 0 unspecified atom stereocenters. The predicted molar refractivity (Wildman–Crippen MR) is 84.6 cm³/mol. The molecule has 0 saturated carbocycles. The molecule has 118 valence electrons. The van der Waals surface area contributed by atoms with Crippen molar-refractivity contribution in [3.63, 3.8) is 0 Å². The van der Waals surface area contributed by atoms with Crippen molar-refractivity contribution >= 4 is 10.0 Å². The highest BCUT2D eigenvalue weighted by Gasteiger charge is 2.28. The molecule has 1 aromatic rings. The van der Waals surface area contributed by atoms with Gasteiger partial charge in [-0.1, -0.05) is 13.0 Å². The van der Waals surface area contributed by atoms with Gasteiger partial charge in [0.05, 0.1) is 4.90 Å². The molecule has 0 aliphatic carbocycles. The lowest BCUT2D eigenvalue weighted by Crippen LogP contribution is -2.48. The largest absolute Gasteiger partial charge is 0.326 e. The highest BCUT2D eigenvalue weighted by atomic mass is 32.2. The smallest absolute Gasteiger partial charge is 0.243 e. The first-order valence-corrected chi connectivity index (χ1v) is 8.95. The number of nitrogens with zero attached hydrogens (tertiary/aromatic N) is 2. The van der Waals surface area contributed by atoms with Crippen LogP contribution in [-0.4, -0.2) is 50.3 Å². The van der Waals surface area contributed by atoms with Gasteiger partial charge in [0, 0.05) is 32.7 Å². The molecule has 2 N–H and O–H groups in total. The Morgan fingerprint density at radius 1 is 1.19 bits per heavy atom. The van der Waals surface area contributed by atoms with Gasteiger partial charge in [-0.05, 0) is 43.1 Å². The second-order valence-corrected chi connectivity index (χ2v) is 7.48. The Labute approximate surface area is 127 Å². The highest BCUT2D eigenvalue weighted by Crippen LogP contribution is 2.20. The Kier molecular flexibility index (Phi) is 5.37. The van der Waals surface area contributed by atoms with E-state index in [1.807, 2.05) is 13.0 Å². The molecule has 0 spiro atoms. The van der Waals surface area contributed by atoms with E-state index in [0.29, 0.717) is 24.5 Å². The minimum absolute atomic E-state index is 0.376. The average Bonchev–Trinajstić information content (AvgIpc) is 2.48. The van der Waals surface area contributed by atoms with Crippen molar-refractivity contribution in [2.45, 2.75) is 31.7 Å². The third-order valence-corrected chi connectivity index (χ3v) is 5.94. The van der Waals surface area contributed by atoms with Crippen LogP contribution < -0.4 is 5.73 Å². The summed E-state index contributed by atoms with van der Waals surface area (Å²) in [6.45, 7) is 8.28. The zero-order valence-electron chi connectivity index (χ0n) is 12.9. The van der Waals surface area contributed by atoms with E-state index in [4.69, 9.17) is 5.73 Å². The topological polar surface area (TPSA) is 66.6 Å². The summed E-state index contributed by atoms with van der Waals surface area (Å²) in [5.74, 6) is 0. The molecular weight excluding hydrogens is 286 g/mol. The molecule has 1 aliphatic rings. The van der Waals surface area contributed by atoms with Crippen LogP contribution in [0.4, 0.5) is 0 Å². The molecule has 6 heteroatoms. The zero-order valence-corrected chi connectivity index (χ0v) is 13.7. The van der Waals surface area contributed by atoms with Crippen LogP contribution in [0.1, 0.15) is 24.5 Å². The quantitative estimate of drug-likeness (QED) is 0.886. The molecule has 1 saturated heterocycles. The molecule has 1 fully saturated rings. The van der Waals surface area contributed by atoms with Gasteiger partial charge in [0.25, 0.3) is 0 Å². The number of aryl methyl sites for hydroxylation is 1. The Hall–Kier alpha value is -0.950. The van der Waals surface area contributed by atoms with Gasteiger partial charge in [-0.3, -0.25) is 0 Å². The summed E-state index contributed by atoms with van der Waals surface area (Å²) in [5, 5.41) is 0. The fourth-order valence-electron chi connectivity index (χ4n) is 2.72. The summed E-state index contributed by atoms with van der Waals surface area (Å²) >= 11 is 0. The molecule has 2 rings (SSSR count). The minimum atomic E-state index is -3.38. The number of hydrogen-bond acceptors (Lipinski definition) is 4. The molecule has 21 heavy (non-hydrogen) atoms. The highest BCUT2D eigenvalue weighted by molar-refractivity contribution is 7.89. The number of hydrogen-bond donors (Lipinski definition) is 1. The van der Waals surface area contributed by atoms with Crippen molar-refractivity contribution < 1.29 is 8.42 Å². The maximum Gasteiger partial charge on any atom is 0.243 e. The van der Waals surface area contributed by atoms with Crippen molar-refractivity contribution in [1.82, 2.24) is 9.21 Å². The van der Waals surface area contributed by atoms with Crippen LogP contribution in [0, 0.1) is 6.92 Å². The maximum absolute atomic E-state index is 12.7. The van der Waals surface area contributed by atoms with Gasteiger partial charge in [0.1, 0.15) is 0 Å². The number of piperazine rings is 1. The minimum Gasteiger partial charge on any atom is -0.326 e. The van der Waals surface area contributed by atoms with E-state index in [1.54, 1.807) is 16.4 Å². The first kappa shape index (κ1) is 16.4. The van der Waals surface area contributed by atoms with Crippen molar-refractivity contribution in [3.05, 3.63) is 29.3 Å². The van der Waals surface area contributed by atoms with Gasteiger partial charge in [-0.25, -0.2) is 8.42 Å². The molecular formula is C15H25N3O2S. The van der Waals surface area contributed by atoms with Gasteiger partial charge >= 0.3 is 0 Å². The number of nitrogens with two attached hydrogens (primary N) is 1. The SMILES string of the molecule is CCCN1CCN(S(=O)(=O)c2ccc(CN)c(C)c2)CC1. The normalized spacial score (nSPS) is 18.0. The van der Waals surface area contributed by atoms with Crippen LogP contribution in [-0.2, 0) is 16.6 Å². The lowest BCUT2D eigenvalue weighted by molar-refractivity contribution is 0.188. The summed E-state index contributed by atoms with van der Waals surface area (Å²) in [4.78, 5) is 2.69. The van der Waals surface area contributed by atoms with E-state index in [2.05, 4.69) is 11.8 Å². The summed E-state index contributed by atoms with van der Waals surface area (Å²) in [5.41, 5.74) is 7.55. The summed E-state index contributed by atoms with van der Waals surface area (Å²) in [6, 6.07) is 5.22. The lowest BCUT2D eigenvalue weighted by Gasteiger charge is -2.33. The third kappa shape index (κ3) is 3.63. The van der Waals surface area contributed by atoms with E-state index >= 15 is 0 Å². The third-order valence-electron chi connectivity index (χ3n) is 4.04. The molecule has 1 aliphatic heterocycles. The molecule has 5 nitrogen and oxygen atoms in total. The maximum atomic E-state index is 12.7.